The Labute approximate surface area is 95.6 Å². The summed E-state index contributed by atoms with van der Waals surface area (Å²) in [7, 11) is 0. The largest absolute Gasteiger partial charge is 0.351 e. The van der Waals surface area contributed by atoms with E-state index in [0.29, 0.717) is 5.25 Å². The van der Waals surface area contributed by atoms with Gasteiger partial charge >= 0.3 is 0 Å². The summed E-state index contributed by atoms with van der Waals surface area (Å²) in [5.74, 6) is -0.143. The Morgan fingerprint density at radius 3 is 2.73 bits per heavy atom. The lowest BCUT2D eigenvalue weighted by atomic mass is 9.94. The SMILES string of the molecule is CSC1CCCC1NC(=O)C(C)(C)C#N. The fourth-order valence-corrected chi connectivity index (χ4v) is 2.71. The van der Waals surface area contributed by atoms with Crippen LogP contribution in [0.1, 0.15) is 33.1 Å². The minimum absolute atomic E-state index is 0.143. The molecule has 4 heteroatoms. The van der Waals surface area contributed by atoms with Crippen molar-refractivity contribution in [3.8, 4) is 6.07 Å². The molecule has 0 aromatic rings. The molecule has 84 valence electrons. The average Bonchev–Trinajstić information content (AvgIpc) is 2.65. The summed E-state index contributed by atoms with van der Waals surface area (Å²) < 4.78 is 0. The van der Waals surface area contributed by atoms with Crippen LogP contribution in [0.15, 0.2) is 0 Å². The van der Waals surface area contributed by atoms with Crippen LogP contribution in [0.2, 0.25) is 0 Å². The van der Waals surface area contributed by atoms with Crippen LogP contribution >= 0.6 is 11.8 Å². The zero-order valence-electron chi connectivity index (χ0n) is 9.54. The number of thioether (sulfide) groups is 1. The van der Waals surface area contributed by atoms with Crippen LogP contribution in [0.3, 0.4) is 0 Å². The number of nitriles is 1. The monoisotopic (exact) mass is 226 g/mol. The summed E-state index contributed by atoms with van der Waals surface area (Å²) in [6, 6.07) is 2.28. The van der Waals surface area contributed by atoms with Crippen LogP contribution in [0.5, 0.6) is 0 Å². The highest BCUT2D eigenvalue weighted by molar-refractivity contribution is 7.99. The van der Waals surface area contributed by atoms with Gasteiger partial charge in [-0.2, -0.15) is 17.0 Å². The minimum atomic E-state index is -0.911. The van der Waals surface area contributed by atoms with Crippen LogP contribution in [-0.4, -0.2) is 23.5 Å². The second-order valence-electron chi connectivity index (χ2n) is 4.52. The minimum Gasteiger partial charge on any atom is -0.351 e. The van der Waals surface area contributed by atoms with Crippen LogP contribution in [0, 0.1) is 16.7 Å². The Bertz CT molecular complexity index is 283. The average molecular weight is 226 g/mol. The van der Waals surface area contributed by atoms with Crippen LogP contribution < -0.4 is 5.32 Å². The Morgan fingerprint density at radius 2 is 2.20 bits per heavy atom. The Hall–Kier alpha value is -0.690. The molecule has 0 aliphatic heterocycles. The van der Waals surface area contributed by atoms with Gasteiger partial charge in [0.15, 0.2) is 0 Å². The van der Waals surface area contributed by atoms with Crippen LogP contribution in [-0.2, 0) is 4.79 Å². The molecule has 0 bridgehead atoms. The standard InChI is InChI=1S/C11H18N2OS/c1-11(2,7-12)10(14)13-8-5-4-6-9(8)15-3/h8-9H,4-6H2,1-3H3,(H,13,14). The first kappa shape index (κ1) is 12.4. The number of carbonyl (C=O) groups excluding carboxylic acids is 1. The second kappa shape index (κ2) is 4.89. The molecular weight excluding hydrogens is 208 g/mol. The van der Waals surface area contributed by atoms with Crippen molar-refractivity contribution in [1.82, 2.24) is 5.32 Å². The van der Waals surface area contributed by atoms with Gasteiger partial charge in [0.25, 0.3) is 0 Å². The maximum atomic E-state index is 11.8. The highest BCUT2D eigenvalue weighted by Gasteiger charge is 2.33. The molecule has 0 heterocycles. The molecular formula is C11H18N2OS. The Kier molecular flexibility index (Phi) is 4.04. The fourth-order valence-electron chi connectivity index (χ4n) is 1.77. The van der Waals surface area contributed by atoms with Gasteiger partial charge in [0, 0.05) is 11.3 Å². The molecule has 0 aromatic carbocycles. The lowest BCUT2D eigenvalue weighted by Gasteiger charge is -2.23. The second-order valence-corrected chi connectivity index (χ2v) is 5.60. The molecule has 0 aromatic heterocycles. The molecule has 15 heavy (non-hydrogen) atoms. The number of hydrogen-bond donors (Lipinski definition) is 1. The molecule has 1 aliphatic rings. The number of carbonyl (C=O) groups is 1. The first-order chi connectivity index (χ1) is 7.01. The quantitative estimate of drug-likeness (QED) is 0.800. The van der Waals surface area contributed by atoms with Crippen molar-refractivity contribution >= 4 is 17.7 Å². The third-order valence-corrected chi connectivity index (χ3v) is 4.09. The summed E-state index contributed by atoms with van der Waals surface area (Å²) in [6.45, 7) is 3.32. The van der Waals surface area contributed by atoms with Gasteiger partial charge < -0.3 is 5.32 Å². The predicted molar refractivity (Wildman–Crippen MR) is 62.5 cm³/mol. The number of rotatable bonds is 3. The van der Waals surface area contributed by atoms with Crippen molar-refractivity contribution in [2.75, 3.05) is 6.26 Å². The van der Waals surface area contributed by atoms with Gasteiger partial charge in [-0.3, -0.25) is 4.79 Å². The van der Waals surface area contributed by atoms with E-state index in [1.54, 1.807) is 25.6 Å². The third kappa shape index (κ3) is 2.88. The van der Waals surface area contributed by atoms with E-state index >= 15 is 0 Å². The third-order valence-electron chi connectivity index (χ3n) is 2.92. The summed E-state index contributed by atoms with van der Waals surface area (Å²) in [5.41, 5.74) is -0.911. The van der Waals surface area contributed by atoms with Gasteiger partial charge in [-0.05, 0) is 32.9 Å². The molecule has 0 radical (unpaired) electrons. The highest BCUT2D eigenvalue weighted by Crippen LogP contribution is 2.29. The van der Waals surface area contributed by atoms with E-state index in [-0.39, 0.29) is 11.9 Å². The normalized spacial score (nSPS) is 26.0. The molecule has 1 amide bonds. The summed E-state index contributed by atoms with van der Waals surface area (Å²) in [5, 5.41) is 12.4. The lowest BCUT2D eigenvalue weighted by molar-refractivity contribution is -0.127. The number of amides is 1. The van der Waals surface area contributed by atoms with Crippen molar-refractivity contribution in [1.29, 1.82) is 5.26 Å². The zero-order valence-corrected chi connectivity index (χ0v) is 10.4. The van der Waals surface area contributed by atoms with Gasteiger partial charge in [-0.25, -0.2) is 0 Å². The Morgan fingerprint density at radius 1 is 1.53 bits per heavy atom. The summed E-state index contributed by atoms with van der Waals surface area (Å²) in [4.78, 5) is 11.8. The molecule has 3 nitrogen and oxygen atoms in total. The first-order valence-corrected chi connectivity index (χ1v) is 6.55. The van der Waals surface area contributed by atoms with E-state index < -0.39 is 5.41 Å². The molecule has 2 atom stereocenters. The maximum absolute atomic E-state index is 11.8. The number of nitrogens with one attached hydrogen (secondary N) is 1. The number of hydrogen-bond acceptors (Lipinski definition) is 3. The van der Waals surface area contributed by atoms with E-state index in [9.17, 15) is 4.79 Å². The van der Waals surface area contributed by atoms with E-state index in [1.807, 2.05) is 6.07 Å². The van der Waals surface area contributed by atoms with Gasteiger partial charge in [0.1, 0.15) is 5.41 Å². The van der Waals surface area contributed by atoms with Crippen molar-refractivity contribution < 1.29 is 4.79 Å². The summed E-state index contributed by atoms with van der Waals surface area (Å²) in [6.07, 6.45) is 5.45. The van der Waals surface area contributed by atoms with Crippen molar-refractivity contribution in [3.63, 3.8) is 0 Å². The first-order valence-electron chi connectivity index (χ1n) is 5.26. The fraction of sp³-hybridized carbons (Fsp3) is 0.818. The van der Waals surface area contributed by atoms with Gasteiger partial charge in [0.05, 0.1) is 6.07 Å². The van der Waals surface area contributed by atoms with E-state index in [1.165, 1.54) is 12.8 Å². The van der Waals surface area contributed by atoms with E-state index in [2.05, 4.69) is 11.6 Å². The lowest BCUT2D eigenvalue weighted by Crippen LogP contribution is -2.44. The number of nitrogens with zero attached hydrogens (tertiary/aromatic N) is 1. The highest BCUT2D eigenvalue weighted by atomic mass is 32.2. The molecule has 1 aliphatic carbocycles. The van der Waals surface area contributed by atoms with Gasteiger partial charge in [-0.15, -0.1) is 0 Å². The topological polar surface area (TPSA) is 52.9 Å². The smallest absolute Gasteiger partial charge is 0.240 e. The van der Waals surface area contributed by atoms with E-state index in [4.69, 9.17) is 5.26 Å². The summed E-state index contributed by atoms with van der Waals surface area (Å²) >= 11 is 1.80. The van der Waals surface area contributed by atoms with Crippen LogP contribution in [0.25, 0.3) is 0 Å². The van der Waals surface area contributed by atoms with Crippen LogP contribution in [0.4, 0.5) is 0 Å². The predicted octanol–water partition coefficient (Wildman–Crippen LogP) is 1.94. The molecule has 0 saturated heterocycles. The molecule has 1 N–H and O–H groups in total. The van der Waals surface area contributed by atoms with Crippen molar-refractivity contribution in [2.24, 2.45) is 5.41 Å². The van der Waals surface area contributed by atoms with E-state index in [0.717, 1.165) is 6.42 Å². The maximum Gasteiger partial charge on any atom is 0.240 e. The molecule has 1 fully saturated rings. The Balaban J connectivity index is 2.55. The molecule has 2 unspecified atom stereocenters. The van der Waals surface area contributed by atoms with Gasteiger partial charge in [0.2, 0.25) is 5.91 Å². The van der Waals surface area contributed by atoms with Crippen molar-refractivity contribution in [3.05, 3.63) is 0 Å². The van der Waals surface area contributed by atoms with Gasteiger partial charge in [-0.1, -0.05) is 6.42 Å². The molecule has 0 spiro atoms. The van der Waals surface area contributed by atoms with Crippen molar-refractivity contribution in [2.45, 2.75) is 44.4 Å². The zero-order chi connectivity index (χ0) is 11.5. The molecule has 1 saturated carbocycles. The molecule has 1 rings (SSSR count).